The van der Waals surface area contributed by atoms with Crippen molar-refractivity contribution in [1.29, 1.82) is 0 Å². The molecular weight excluding hydrogens is 346 g/mol. The highest BCUT2D eigenvalue weighted by molar-refractivity contribution is 5.55. The number of ether oxygens (including phenoxy) is 2. The Kier molecular flexibility index (Phi) is 5.75. The van der Waals surface area contributed by atoms with Crippen LogP contribution in [0.15, 0.2) is 40.8 Å². The van der Waals surface area contributed by atoms with Gasteiger partial charge >= 0.3 is 6.01 Å². The van der Waals surface area contributed by atoms with E-state index < -0.39 is 0 Å². The van der Waals surface area contributed by atoms with Gasteiger partial charge in [-0.25, -0.2) is 0 Å². The van der Waals surface area contributed by atoms with Gasteiger partial charge in [0, 0.05) is 5.69 Å². The average Bonchev–Trinajstić information content (AvgIpc) is 3.09. The first kappa shape index (κ1) is 18.5. The molecule has 2 N–H and O–H groups in total. The number of hydrogen-bond acceptors (Lipinski definition) is 8. The second-order valence-corrected chi connectivity index (χ2v) is 5.87. The van der Waals surface area contributed by atoms with E-state index in [0.29, 0.717) is 18.5 Å². The highest BCUT2D eigenvalue weighted by atomic mass is 16.5. The summed E-state index contributed by atoms with van der Waals surface area (Å²) in [7, 11) is 1.63. The van der Waals surface area contributed by atoms with Crippen LogP contribution in [0.1, 0.15) is 31.4 Å². The number of nitrogens with zero attached hydrogens (tertiary/aromatic N) is 3. The summed E-state index contributed by atoms with van der Waals surface area (Å²) < 4.78 is 16.3. The molecule has 8 nitrogen and oxygen atoms in total. The van der Waals surface area contributed by atoms with Gasteiger partial charge in [0.1, 0.15) is 17.3 Å². The fraction of sp³-hybridized carbons (Fsp3) is 0.316. The lowest BCUT2D eigenvalue weighted by molar-refractivity contribution is 0.312. The maximum Gasteiger partial charge on any atom is 0.323 e. The molecule has 0 amide bonds. The first-order valence-corrected chi connectivity index (χ1v) is 8.70. The van der Waals surface area contributed by atoms with E-state index in [0.717, 1.165) is 23.0 Å². The van der Waals surface area contributed by atoms with Crippen molar-refractivity contribution in [3.05, 3.63) is 47.9 Å². The molecule has 2 heterocycles. The van der Waals surface area contributed by atoms with Crippen LogP contribution in [0.5, 0.6) is 11.8 Å². The monoisotopic (exact) mass is 369 g/mol. The first-order valence-electron chi connectivity index (χ1n) is 8.70. The lowest BCUT2D eigenvalue weighted by Crippen LogP contribution is -2.12. The van der Waals surface area contributed by atoms with Crippen LogP contribution in [0.25, 0.3) is 0 Å². The van der Waals surface area contributed by atoms with E-state index in [9.17, 15) is 0 Å². The summed E-state index contributed by atoms with van der Waals surface area (Å²) in [5.41, 5.74) is 0.824. The molecule has 0 fully saturated rings. The molecule has 0 spiro atoms. The smallest absolute Gasteiger partial charge is 0.323 e. The van der Waals surface area contributed by atoms with Gasteiger partial charge in [0.05, 0.1) is 19.8 Å². The van der Waals surface area contributed by atoms with Gasteiger partial charge < -0.3 is 24.5 Å². The zero-order valence-electron chi connectivity index (χ0n) is 15.8. The molecule has 1 unspecified atom stereocenters. The molecule has 142 valence electrons. The van der Waals surface area contributed by atoms with Gasteiger partial charge in [0.15, 0.2) is 0 Å². The van der Waals surface area contributed by atoms with Gasteiger partial charge in [-0.05, 0) is 57.2 Å². The molecule has 0 bridgehead atoms. The Balaban J connectivity index is 1.80. The number of rotatable bonds is 8. The Bertz CT molecular complexity index is 879. The lowest BCUT2D eigenvalue weighted by Gasteiger charge is -2.13. The van der Waals surface area contributed by atoms with Crippen LogP contribution in [0.3, 0.4) is 0 Å². The van der Waals surface area contributed by atoms with Crippen molar-refractivity contribution in [2.75, 3.05) is 24.4 Å². The minimum Gasteiger partial charge on any atom is -0.497 e. The van der Waals surface area contributed by atoms with Crippen molar-refractivity contribution in [2.24, 2.45) is 0 Å². The maximum absolute atomic E-state index is 5.65. The number of aryl methyl sites for hydroxylation is 1. The fourth-order valence-corrected chi connectivity index (χ4v) is 2.42. The highest BCUT2D eigenvalue weighted by Crippen LogP contribution is 2.23. The van der Waals surface area contributed by atoms with E-state index in [1.807, 2.05) is 57.2 Å². The van der Waals surface area contributed by atoms with Gasteiger partial charge in [-0.2, -0.15) is 15.0 Å². The van der Waals surface area contributed by atoms with Crippen molar-refractivity contribution in [3.8, 4) is 11.8 Å². The van der Waals surface area contributed by atoms with E-state index in [-0.39, 0.29) is 12.1 Å². The lowest BCUT2D eigenvalue weighted by atomic mass is 10.2. The van der Waals surface area contributed by atoms with E-state index in [4.69, 9.17) is 13.9 Å². The minimum absolute atomic E-state index is 0.107. The number of hydrogen-bond donors (Lipinski definition) is 2. The molecule has 0 radical (unpaired) electrons. The van der Waals surface area contributed by atoms with Crippen LogP contribution < -0.4 is 20.1 Å². The molecule has 0 aliphatic heterocycles. The third-order valence-corrected chi connectivity index (χ3v) is 3.77. The summed E-state index contributed by atoms with van der Waals surface area (Å²) in [6, 6.07) is 11.4. The van der Waals surface area contributed by atoms with Crippen LogP contribution in [0.2, 0.25) is 0 Å². The zero-order chi connectivity index (χ0) is 19.2. The maximum atomic E-state index is 5.65. The summed E-state index contributed by atoms with van der Waals surface area (Å²) in [5, 5.41) is 6.37. The Morgan fingerprint density at radius 1 is 1.04 bits per heavy atom. The van der Waals surface area contributed by atoms with Crippen molar-refractivity contribution in [1.82, 2.24) is 15.0 Å². The molecule has 3 aromatic rings. The average molecular weight is 369 g/mol. The molecule has 0 saturated heterocycles. The van der Waals surface area contributed by atoms with E-state index in [1.165, 1.54) is 0 Å². The van der Waals surface area contributed by atoms with E-state index >= 15 is 0 Å². The molecule has 0 aliphatic rings. The molecule has 8 heteroatoms. The fourth-order valence-electron chi connectivity index (χ4n) is 2.42. The van der Waals surface area contributed by atoms with Gasteiger partial charge in [-0.1, -0.05) is 0 Å². The van der Waals surface area contributed by atoms with Crippen molar-refractivity contribution in [3.63, 3.8) is 0 Å². The second kappa shape index (κ2) is 8.39. The molecule has 27 heavy (non-hydrogen) atoms. The Labute approximate surface area is 158 Å². The second-order valence-electron chi connectivity index (χ2n) is 5.87. The SMILES string of the molecule is CCOc1nc(Nc2ccc(OC)cc2)nc(NC(C)c2ccc(C)o2)n1. The van der Waals surface area contributed by atoms with Crippen molar-refractivity contribution < 1.29 is 13.9 Å². The number of furan rings is 1. The Morgan fingerprint density at radius 2 is 1.78 bits per heavy atom. The van der Waals surface area contributed by atoms with Crippen LogP contribution in [-0.2, 0) is 0 Å². The van der Waals surface area contributed by atoms with Crippen LogP contribution in [0, 0.1) is 6.92 Å². The number of anilines is 3. The van der Waals surface area contributed by atoms with Gasteiger partial charge in [0.2, 0.25) is 11.9 Å². The number of nitrogens with one attached hydrogen (secondary N) is 2. The first-order chi connectivity index (χ1) is 13.1. The molecule has 1 aromatic carbocycles. The number of aromatic nitrogens is 3. The Hall–Kier alpha value is -3.29. The summed E-state index contributed by atoms with van der Waals surface area (Å²) in [4.78, 5) is 13.0. The van der Waals surface area contributed by atoms with Crippen LogP contribution in [0.4, 0.5) is 17.6 Å². The third-order valence-electron chi connectivity index (χ3n) is 3.77. The predicted molar refractivity (Wildman–Crippen MR) is 103 cm³/mol. The third kappa shape index (κ3) is 4.87. The van der Waals surface area contributed by atoms with Crippen molar-refractivity contribution >= 4 is 17.6 Å². The molecule has 2 aromatic heterocycles. The largest absolute Gasteiger partial charge is 0.497 e. The minimum atomic E-state index is -0.107. The topological polar surface area (TPSA) is 94.3 Å². The predicted octanol–water partition coefficient (Wildman–Crippen LogP) is 4.10. The molecule has 1 atom stereocenters. The van der Waals surface area contributed by atoms with Crippen LogP contribution >= 0.6 is 0 Å². The summed E-state index contributed by atoms with van der Waals surface area (Å²) >= 11 is 0. The zero-order valence-corrected chi connectivity index (χ0v) is 15.8. The highest BCUT2D eigenvalue weighted by Gasteiger charge is 2.14. The molecule has 3 rings (SSSR count). The van der Waals surface area contributed by atoms with E-state index in [1.54, 1.807) is 7.11 Å². The van der Waals surface area contributed by atoms with Crippen LogP contribution in [-0.4, -0.2) is 28.7 Å². The summed E-state index contributed by atoms with van der Waals surface area (Å²) in [5.74, 6) is 3.20. The molecular formula is C19H23N5O3. The van der Waals surface area contributed by atoms with Gasteiger partial charge in [0.25, 0.3) is 0 Å². The van der Waals surface area contributed by atoms with Gasteiger partial charge in [-0.3, -0.25) is 0 Å². The molecule has 0 saturated carbocycles. The Morgan fingerprint density at radius 3 is 2.41 bits per heavy atom. The summed E-state index contributed by atoms with van der Waals surface area (Å²) in [6.45, 7) is 6.21. The normalized spacial score (nSPS) is 11.7. The number of benzene rings is 1. The van der Waals surface area contributed by atoms with Crippen molar-refractivity contribution in [2.45, 2.75) is 26.8 Å². The summed E-state index contributed by atoms with van der Waals surface area (Å²) in [6.07, 6.45) is 0. The number of methoxy groups -OCH3 is 1. The standard InChI is InChI=1S/C19H23N5O3/c1-5-26-19-23-17(20-13(3)16-11-6-12(2)27-16)22-18(24-19)21-14-7-9-15(25-4)10-8-14/h6-11,13H,5H2,1-4H3,(H2,20,21,22,23,24). The van der Waals surface area contributed by atoms with Gasteiger partial charge in [-0.15, -0.1) is 0 Å². The quantitative estimate of drug-likeness (QED) is 0.613. The molecule has 0 aliphatic carbocycles. The van der Waals surface area contributed by atoms with E-state index in [2.05, 4.69) is 25.6 Å².